The van der Waals surface area contributed by atoms with Crippen molar-refractivity contribution in [3.8, 4) is 0 Å². The van der Waals surface area contributed by atoms with Crippen LogP contribution < -0.4 is 5.32 Å². The molecular weight excluding hydrogens is 267 g/mol. The van der Waals surface area contributed by atoms with Crippen LogP contribution in [0.25, 0.3) is 0 Å². The summed E-state index contributed by atoms with van der Waals surface area (Å²) < 4.78 is 0. The topological polar surface area (TPSA) is 15.3 Å². The molecule has 0 radical (unpaired) electrons. The Morgan fingerprint density at radius 3 is 2.94 bits per heavy atom. The number of rotatable bonds is 5. The Morgan fingerprint density at radius 2 is 2.22 bits per heavy atom. The first kappa shape index (κ1) is 14.1. The number of halogens is 2. The molecule has 1 heterocycles. The van der Waals surface area contributed by atoms with E-state index in [1.165, 1.54) is 25.1 Å². The van der Waals surface area contributed by atoms with Crippen molar-refractivity contribution in [2.75, 3.05) is 33.2 Å². The second kappa shape index (κ2) is 6.76. The Labute approximate surface area is 119 Å². The number of nitrogens with one attached hydrogen (secondary N) is 1. The Balaban J connectivity index is 1.81. The van der Waals surface area contributed by atoms with Crippen molar-refractivity contribution < 1.29 is 0 Å². The average molecular weight is 287 g/mol. The van der Waals surface area contributed by atoms with Crippen LogP contribution in [0.1, 0.15) is 12.0 Å². The van der Waals surface area contributed by atoms with E-state index in [-0.39, 0.29) is 0 Å². The third-order valence-electron chi connectivity index (χ3n) is 3.58. The van der Waals surface area contributed by atoms with Gasteiger partial charge in [0.1, 0.15) is 0 Å². The van der Waals surface area contributed by atoms with Gasteiger partial charge in [-0.3, -0.25) is 0 Å². The Hall–Kier alpha value is -0.280. The van der Waals surface area contributed by atoms with Crippen molar-refractivity contribution in [2.45, 2.75) is 12.8 Å². The smallest absolute Gasteiger partial charge is 0.0453 e. The monoisotopic (exact) mass is 286 g/mol. The molecule has 1 fully saturated rings. The molecule has 1 aliphatic rings. The van der Waals surface area contributed by atoms with Gasteiger partial charge in [-0.15, -0.1) is 0 Å². The molecule has 0 spiro atoms. The fourth-order valence-electron chi connectivity index (χ4n) is 2.57. The van der Waals surface area contributed by atoms with Gasteiger partial charge in [-0.2, -0.15) is 0 Å². The second-order valence-corrected chi connectivity index (χ2v) is 5.84. The predicted molar refractivity (Wildman–Crippen MR) is 78.6 cm³/mol. The summed E-state index contributed by atoms with van der Waals surface area (Å²) in [6, 6.07) is 5.77. The standard InChI is InChI=1S/C14H20Cl2N2/c1-17-9-11-4-6-18(10-11)7-5-12-2-3-13(15)8-14(12)16/h2-3,8,11,17H,4-7,9-10H2,1H3. The highest BCUT2D eigenvalue weighted by atomic mass is 35.5. The first-order valence-electron chi connectivity index (χ1n) is 6.50. The highest BCUT2D eigenvalue weighted by Crippen LogP contribution is 2.22. The molecule has 1 aliphatic heterocycles. The van der Waals surface area contributed by atoms with Crippen LogP contribution in [0.15, 0.2) is 18.2 Å². The van der Waals surface area contributed by atoms with Gasteiger partial charge in [0.2, 0.25) is 0 Å². The zero-order valence-corrected chi connectivity index (χ0v) is 12.3. The van der Waals surface area contributed by atoms with Gasteiger partial charge in [-0.05, 0) is 56.6 Å². The van der Waals surface area contributed by atoms with E-state index in [0.717, 1.165) is 30.5 Å². The van der Waals surface area contributed by atoms with Gasteiger partial charge in [0.15, 0.2) is 0 Å². The lowest BCUT2D eigenvalue weighted by Gasteiger charge is -2.16. The molecule has 1 saturated heterocycles. The lowest BCUT2D eigenvalue weighted by molar-refractivity contribution is 0.327. The minimum Gasteiger partial charge on any atom is -0.319 e. The van der Waals surface area contributed by atoms with Gasteiger partial charge in [0, 0.05) is 23.1 Å². The molecule has 2 rings (SSSR count). The van der Waals surface area contributed by atoms with Crippen molar-refractivity contribution >= 4 is 23.2 Å². The first-order chi connectivity index (χ1) is 8.69. The summed E-state index contributed by atoms with van der Waals surface area (Å²) >= 11 is 12.1. The number of likely N-dealkylation sites (tertiary alicyclic amines) is 1. The van der Waals surface area contributed by atoms with Crippen LogP contribution in [0.5, 0.6) is 0 Å². The van der Waals surface area contributed by atoms with E-state index < -0.39 is 0 Å². The van der Waals surface area contributed by atoms with Crippen LogP contribution in [0.4, 0.5) is 0 Å². The van der Waals surface area contributed by atoms with Gasteiger partial charge in [-0.25, -0.2) is 0 Å². The first-order valence-corrected chi connectivity index (χ1v) is 7.25. The molecule has 1 aromatic rings. The maximum absolute atomic E-state index is 6.18. The van der Waals surface area contributed by atoms with Crippen molar-refractivity contribution in [1.82, 2.24) is 10.2 Å². The molecule has 18 heavy (non-hydrogen) atoms. The van der Waals surface area contributed by atoms with Gasteiger partial charge >= 0.3 is 0 Å². The molecule has 1 atom stereocenters. The quantitative estimate of drug-likeness (QED) is 0.895. The number of hydrogen-bond acceptors (Lipinski definition) is 2. The maximum atomic E-state index is 6.18. The normalized spacial score (nSPS) is 20.5. The van der Waals surface area contributed by atoms with Crippen LogP contribution in [0, 0.1) is 5.92 Å². The van der Waals surface area contributed by atoms with Crippen molar-refractivity contribution in [3.63, 3.8) is 0 Å². The molecular formula is C14H20Cl2N2. The van der Waals surface area contributed by atoms with Gasteiger partial charge in [0.25, 0.3) is 0 Å². The van der Waals surface area contributed by atoms with E-state index in [1.807, 2.05) is 25.2 Å². The summed E-state index contributed by atoms with van der Waals surface area (Å²) in [4.78, 5) is 2.52. The van der Waals surface area contributed by atoms with E-state index in [9.17, 15) is 0 Å². The van der Waals surface area contributed by atoms with Crippen LogP contribution in [-0.4, -0.2) is 38.1 Å². The van der Waals surface area contributed by atoms with E-state index in [0.29, 0.717) is 5.02 Å². The summed E-state index contributed by atoms with van der Waals surface area (Å²) in [5.74, 6) is 0.802. The SMILES string of the molecule is CNCC1CCN(CCc2ccc(Cl)cc2Cl)C1. The van der Waals surface area contributed by atoms with Crippen LogP contribution >= 0.6 is 23.2 Å². The van der Waals surface area contributed by atoms with E-state index in [1.54, 1.807) is 0 Å². The lowest BCUT2D eigenvalue weighted by Crippen LogP contribution is -2.26. The third-order valence-corrected chi connectivity index (χ3v) is 4.16. The van der Waals surface area contributed by atoms with Gasteiger partial charge in [-0.1, -0.05) is 29.3 Å². The summed E-state index contributed by atoms with van der Waals surface area (Å²) in [6.45, 7) is 4.61. The molecule has 4 heteroatoms. The number of hydrogen-bond donors (Lipinski definition) is 1. The maximum Gasteiger partial charge on any atom is 0.0453 e. The molecule has 0 saturated carbocycles. The Bertz CT molecular complexity index is 395. The average Bonchev–Trinajstić information content (AvgIpc) is 2.76. The largest absolute Gasteiger partial charge is 0.319 e. The van der Waals surface area contributed by atoms with Crippen LogP contribution in [-0.2, 0) is 6.42 Å². The van der Waals surface area contributed by atoms with Gasteiger partial charge in [0.05, 0.1) is 0 Å². The van der Waals surface area contributed by atoms with Crippen molar-refractivity contribution in [3.05, 3.63) is 33.8 Å². The molecule has 1 unspecified atom stereocenters. The van der Waals surface area contributed by atoms with E-state index in [4.69, 9.17) is 23.2 Å². The zero-order valence-electron chi connectivity index (χ0n) is 10.8. The van der Waals surface area contributed by atoms with Gasteiger partial charge < -0.3 is 10.2 Å². The zero-order chi connectivity index (χ0) is 13.0. The van der Waals surface area contributed by atoms with Crippen LogP contribution in [0.2, 0.25) is 10.0 Å². The molecule has 2 nitrogen and oxygen atoms in total. The predicted octanol–water partition coefficient (Wildman–Crippen LogP) is 3.08. The molecule has 0 aliphatic carbocycles. The highest BCUT2D eigenvalue weighted by Gasteiger charge is 2.21. The molecule has 0 amide bonds. The van der Waals surface area contributed by atoms with E-state index >= 15 is 0 Å². The summed E-state index contributed by atoms with van der Waals surface area (Å²) in [6.07, 6.45) is 2.30. The highest BCUT2D eigenvalue weighted by molar-refractivity contribution is 6.35. The minimum absolute atomic E-state index is 0.707. The van der Waals surface area contributed by atoms with Crippen molar-refractivity contribution in [1.29, 1.82) is 0 Å². The fourth-order valence-corrected chi connectivity index (χ4v) is 3.08. The van der Waals surface area contributed by atoms with E-state index in [2.05, 4.69) is 10.2 Å². The summed E-state index contributed by atoms with van der Waals surface area (Å²) in [5.41, 5.74) is 1.19. The minimum atomic E-state index is 0.707. The molecule has 1 aromatic carbocycles. The molecule has 0 aromatic heterocycles. The number of nitrogens with zero attached hydrogens (tertiary/aromatic N) is 1. The lowest BCUT2D eigenvalue weighted by atomic mass is 10.1. The molecule has 0 bridgehead atoms. The summed E-state index contributed by atoms with van der Waals surface area (Å²) in [7, 11) is 2.02. The molecule has 100 valence electrons. The Morgan fingerprint density at radius 1 is 1.39 bits per heavy atom. The van der Waals surface area contributed by atoms with Crippen molar-refractivity contribution in [2.24, 2.45) is 5.92 Å². The fraction of sp³-hybridized carbons (Fsp3) is 0.571. The number of benzene rings is 1. The third kappa shape index (κ3) is 3.86. The Kier molecular flexibility index (Phi) is 5.31. The second-order valence-electron chi connectivity index (χ2n) is 5.00. The molecule has 1 N–H and O–H groups in total. The van der Waals surface area contributed by atoms with Crippen LogP contribution in [0.3, 0.4) is 0 Å². The summed E-state index contributed by atoms with van der Waals surface area (Å²) in [5, 5.41) is 4.75.